The van der Waals surface area contributed by atoms with Crippen LogP contribution in [0.25, 0.3) is 5.57 Å². The molecular formula is C23H28NO6PS. The molecule has 1 amide bonds. The molecule has 1 atom stereocenters. The Morgan fingerprint density at radius 3 is 1.81 bits per heavy atom. The Morgan fingerprint density at radius 1 is 0.875 bits per heavy atom. The zero-order chi connectivity index (χ0) is 23.7. The number of hydrogen-bond donors (Lipinski definition) is 1. The quantitative estimate of drug-likeness (QED) is 0.558. The molecule has 0 radical (unpaired) electrons. The molecule has 1 heterocycles. The zero-order valence-corrected chi connectivity index (χ0v) is 20.5. The lowest BCUT2D eigenvalue weighted by Gasteiger charge is -2.37. The minimum Gasteiger partial charge on any atom is -0.319 e. The average molecular weight is 478 g/mol. The summed E-state index contributed by atoms with van der Waals surface area (Å²) in [4.78, 5) is 12.9. The Kier molecular flexibility index (Phi) is 6.82. The van der Waals surface area contributed by atoms with Crippen LogP contribution in [0.4, 0.5) is 0 Å². The highest BCUT2D eigenvalue weighted by molar-refractivity contribution is 8.00. The van der Waals surface area contributed by atoms with Crippen LogP contribution >= 0.6 is 7.60 Å². The van der Waals surface area contributed by atoms with E-state index in [1.54, 1.807) is 50.2 Å². The maximum absolute atomic E-state index is 14.3. The highest BCUT2D eigenvalue weighted by atomic mass is 32.2. The van der Waals surface area contributed by atoms with E-state index in [4.69, 9.17) is 9.05 Å². The molecule has 1 aliphatic heterocycles. The highest BCUT2D eigenvalue weighted by Gasteiger charge is 2.68. The fraction of sp³-hybridized carbons (Fsp3) is 0.348. The van der Waals surface area contributed by atoms with Crippen LogP contribution in [-0.4, -0.2) is 32.2 Å². The van der Waals surface area contributed by atoms with Crippen molar-refractivity contribution in [2.75, 3.05) is 13.2 Å². The van der Waals surface area contributed by atoms with E-state index in [0.717, 1.165) is 11.1 Å². The van der Waals surface area contributed by atoms with Crippen LogP contribution in [0.2, 0.25) is 0 Å². The maximum Gasteiger partial charge on any atom is 0.376 e. The van der Waals surface area contributed by atoms with E-state index < -0.39 is 28.0 Å². The van der Waals surface area contributed by atoms with Crippen molar-refractivity contribution in [1.29, 1.82) is 0 Å². The maximum atomic E-state index is 14.3. The second-order valence-electron chi connectivity index (χ2n) is 7.61. The lowest BCUT2D eigenvalue weighted by Crippen LogP contribution is -2.51. The van der Waals surface area contributed by atoms with Crippen molar-refractivity contribution in [3.05, 3.63) is 70.8 Å². The van der Waals surface area contributed by atoms with Crippen LogP contribution in [0.15, 0.2) is 59.0 Å². The Bertz CT molecular complexity index is 1190. The van der Waals surface area contributed by atoms with E-state index in [-0.39, 0.29) is 29.3 Å². The summed E-state index contributed by atoms with van der Waals surface area (Å²) in [6.45, 7) is 8.28. The molecule has 2 aromatic rings. The van der Waals surface area contributed by atoms with Gasteiger partial charge in [0.25, 0.3) is 4.61 Å². The molecule has 0 saturated heterocycles. The monoisotopic (exact) mass is 477 g/mol. The number of nitrogens with one attached hydrogen (secondary N) is 1. The first kappa shape index (κ1) is 24.4. The lowest BCUT2D eigenvalue weighted by molar-refractivity contribution is -0.117. The van der Waals surface area contributed by atoms with E-state index in [1.165, 1.54) is 19.1 Å². The predicted molar refractivity (Wildman–Crippen MR) is 124 cm³/mol. The average Bonchev–Trinajstić information content (AvgIpc) is 3.02. The van der Waals surface area contributed by atoms with Crippen molar-refractivity contribution in [3.8, 4) is 0 Å². The third kappa shape index (κ3) is 3.75. The summed E-state index contributed by atoms with van der Waals surface area (Å²) in [5.41, 5.74) is 2.48. The summed E-state index contributed by atoms with van der Waals surface area (Å²) >= 11 is 0. The second kappa shape index (κ2) is 8.94. The van der Waals surface area contributed by atoms with E-state index >= 15 is 0 Å². The molecule has 172 valence electrons. The van der Waals surface area contributed by atoms with Gasteiger partial charge in [-0.25, -0.2) is 8.42 Å². The normalized spacial score (nSPS) is 19.3. The van der Waals surface area contributed by atoms with Gasteiger partial charge in [0.2, 0.25) is 15.7 Å². The first-order chi connectivity index (χ1) is 15.0. The predicted octanol–water partition coefficient (Wildman–Crippen LogP) is 4.60. The van der Waals surface area contributed by atoms with Gasteiger partial charge in [-0.05, 0) is 52.3 Å². The first-order valence-electron chi connectivity index (χ1n) is 10.4. The van der Waals surface area contributed by atoms with E-state index in [0.29, 0.717) is 5.56 Å². The molecule has 0 bridgehead atoms. The molecule has 9 heteroatoms. The molecule has 1 N–H and O–H groups in total. The molecule has 0 saturated carbocycles. The second-order valence-corrected chi connectivity index (χ2v) is 12.2. The Labute approximate surface area is 189 Å². The third-order valence-corrected chi connectivity index (χ3v) is 11.1. The molecule has 0 aliphatic carbocycles. The van der Waals surface area contributed by atoms with Gasteiger partial charge in [0.15, 0.2) is 0 Å². The summed E-state index contributed by atoms with van der Waals surface area (Å²) in [5, 5.41) is 2.53. The van der Waals surface area contributed by atoms with Gasteiger partial charge in [-0.2, -0.15) is 0 Å². The topological polar surface area (TPSA) is 98.8 Å². The standard InChI is InChI=1S/C23H28NO6PS/c1-6-29-31(26,30-7-2)23(32(27,28)20-14-10-17(4)11-15-20)21(18(5)22(25)24-23)19-12-8-16(3)9-13-19/h8-15H,6-7H2,1-5H3,(H,24,25). The SMILES string of the molecule is CCOP(=O)(OCC)C1(S(=O)(=O)c2ccc(C)cc2)NC(=O)C(C)=C1c1ccc(C)cc1. The molecule has 3 rings (SSSR count). The lowest BCUT2D eigenvalue weighted by atomic mass is 10.0. The van der Waals surface area contributed by atoms with E-state index in [9.17, 15) is 17.8 Å². The molecular weight excluding hydrogens is 449 g/mol. The summed E-state index contributed by atoms with van der Waals surface area (Å²) in [6.07, 6.45) is 0. The van der Waals surface area contributed by atoms with Crippen molar-refractivity contribution in [3.63, 3.8) is 0 Å². The number of carbonyl (C=O) groups excluding carboxylic acids is 1. The Morgan fingerprint density at radius 2 is 1.34 bits per heavy atom. The van der Waals surface area contributed by atoms with Crippen molar-refractivity contribution in [2.45, 2.75) is 44.1 Å². The van der Waals surface area contributed by atoms with Crippen LogP contribution in [0.3, 0.4) is 0 Å². The molecule has 2 aromatic carbocycles. The van der Waals surface area contributed by atoms with Gasteiger partial charge in [-0.15, -0.1) is 0 Å². The number of rotatable bonds is 8. The largest absolute Gasteiger partial charge is 0.376 e. The van der Waals surface area contributed by atoms with E-state index in [2.05, 4.69) is 5.32 Å². The number of sulfone groups is 1. The third-order valence-electron chi connectivity index (χ3n) is 5.38. The molecule has 7 nitrogen and oxygen atoms in total. The van der Waals surface area contributed by atoms with Gasteiger partial charge < -0.3 is 14.4 Å². The Hall–Kier alpha value is -2.25. The van der Waals surface area contributed by atoms with Gasteiger partial charge in [-0.3, -0.25) is 9.36 Å². The zero-order valence-electron chi connectivity index (χ0n) is 18.8. The number of hydrogen-bond acceptors (Lipinski definition) is 6. The molecule has 32 heavy (non-hydrogen) atoms. The van der Waals surface area contributed by atoms with Crippen LogP contribution in [0.5, 0.6) is 0 Å². The molecule has 0 aromatic heterocycles. The van der Waals surface area contributed by atoms with Crippen molar-refractivity contribution < 1.29 is 26.8 Å². The summed E-state index contributed by atoms with van der Waals surface area (Å²) in [5.74, 6) is -0.643. The van der Waals surface area contributed by atoms with Gasteiger partial charge >= 0.3 is 7.60 Å². The van der Waals surface area contributed by atoms with Crippen LogP contribution < -0.4 is 5.32 Å². The number of carbonyl (C=O) groups is 1. The molecule has 0 spiro atoms. The minimum absolute atomic E-state index is 0.0709. The summed E-state index contributed by atoms with van der Waals surface area (Å²) < 4.78 is 51.4. The number of aryl methyl sites for hydroxylation is 2. The van der Waals surface area contributed by atoms with Crippen LogP contribution in [-0.2, 0) is 28.2 Å². The van der Waals surface area contributed by atoms with Crippen LogP contribution in [0, 0.1) is 13.8 Å². The van der Waals surface area contributed by atoms with Gasteiger partial charge in [0.05, 0.1) is 18.1 Å². The van der Waals surface area contributed by atoms with Gasteiger partial charge in [0.1, 0.15) is 0 Å². The van der Waals surface area contributed by atoms with Gasteiger partial charge in [0, 0.05) is 11.1 Å². The van der Waals surface area contributed by atoms with Crippen molar-refractivity contribution in [1.82, 2.24) is 5.32 Å². The fourth-order valence-corrected chi connectivity index (χ4v) is 9.15. The smallest absolute Gasteiger partial charge is 0.319 e. The summed E-state index contributed by atoms with van der Waals surface area (Å²) in [7, 11) is -8.98. The van der Waals surface area contributed by atoms with E-state index in [1.807, 2.05) is 13.8 Å². The Balaban J connectivity index is 2.45. The number of benzene rings is 2. The van der Waals surface area contributed by atoms with Crippen molar-refractivity contribution >= 4 is 28.9 Å². The highest BCUT2D eigenvalue weighted by Crippen LogP contribution is 2.68. The fourth-order valence-electron chi connectivity index (χ4n) is 3.81. The first-order valence-corrected chi connectivity index (χ1v) is 13.4. The van der Waals surface area contributed by atoms with Crippen LogP contribution in [0.1, 0.15) is 37.5 Å². The molecule has 1 aliphatic rings. The minimum atomic E-state index is -4.50. The molecule has 0 fully saturated rings. The number of amides is 1. The van der Waals surface area contributed by atoms with Gasteiger partial charge in [-0.1, -0.05) is 47.5 Å². The molecule has 1 unspecified atom stereocenters. The summed E-state index contributed by atoms with van der Waals surface area (Å²) in [6, 6.07) is 13.2. The van der Waals surface area contributed by atoms with Crippen molar-refractivity contribution in [2.24, 2.45) is 0 Å².